The molecule has 2 N–H and O–H groups in total. The van der Waals surface area contributed by atoms with Crippen LogP contribution in [-0.4, -0.2) is 21.2 Å². The number of amides is 1. The zero-order valence-electron chi connectivity index (χ0n) is 9.51. The van der Waals surface area contributed by atoms with Crippen LogP contribution in [0.25, 0.3) is 11.1 Å². The van der Waals surface area contributed by atoms with Crippen LogP contribution in [0.2, 0.25) is 5.15 Å². The maximum Gasteiger partial charge on any atom is 0.409 e. The van der Waals surface area contributed by atoms with Crippen LogP contribution < -0.4 is 5.32 Å². The van der Waals surface area contributed by atoms with Gasteiger partial charge in [0.15, 0.2) is 0 Å². The molecule has 0 atom stereocenters. The summed E-state index contributed by atoms with van der Waals surface area (Å²) in [5.74, 6) is 0. The van der Waals surface area contributed by atoms with E-state index in [-0.39, 0.29) is 0 Å². The van der Waals surface area contributed by atoms with Crippen LogP contribution in [0.1, 0.15) is 5.69 Å². The van der Waals surface area contributed by atoms with Gasteiger partial charge in [-0.25, -0.2) is 9.78 Å². The molecule has 1 amide bonds. The molecule has 0 bridgehead atoms. The second-order valence-corrected chi connectivity index (χ2v) is 4.01. The van der Waals surface area contributed by atoms with Gasteiger partial charge in [0.2, 0.25) is 0 Å². The number of aryl methyl sites for hydroxylation is 1. The van der Waals surface area contributed by atoms with Gasteiger partial charge >= 0.3 is 6.09 Å². The van der Waals surface area contributed by atoms with Gasteiger partial charge in [-0.1, -0.05) is 17.7 Å². The summed E-state index contributed by atoms with van der Waals surface area (Å²) in [6.07, 6.45) is 1.91. The number of carbonyl (C=O) groups is 1. The molecule has 18 heavy (non-hydrogen) atoms. The Bertz CT molecular complexity index is 602. The quantitative estimate of drug-likeness (QED) is 0.816. The maximum absolute atomic E-state index is 10.7. The molecule has 6 heteroatoms. The lowest BCUT2D eigenvalue weighted by Gasteiger charge is -2.10. The number of rotatable bonds is 2. The maximum atomic E-state index is 10.7. The summed E-state index contributed by atoms with van der Waals surface area (Å²) in [5.41, 5.74) is 2.63. The minimum Gasteiger partial charge on any atom is -0.465 e. The first-order valence-electron chi connectivity index (χ1n) is 5.15. The predicted molar refractivity (Wildman–Crippen MR) is 68.9 cm³/mol. The summed E-state index contributed by atoms with van der Waals surface area (Å²) < 4.78 is 0. The van der Waals surface area contributed by atoms with Crippen molar-refractivity contribution in [2.45, 2.75) is 6.92 Å². The van der Waals surface area contributed by atoms with E-state index >= 15 is 0 Å². The topological polar surface area (TPSA) is 75.1 Å². The zero-order chi connectivity index (χ0) is 13.1. The highest BCUT2D eigenvalue weighted by Gasteiger charge is 2.11. The van der Waals surface area contributed by atoms with Crippen LogP contribution in [-0.2, 0) is 0 Å². The van der Waals surface area contributed by atoms with Gasteiger partial charge in [-0.3, -0.25) is 10.3 Å². The van der Waals surface area contributed by atoms with E-state index < -0.39 is 6.09 Å². The molecule has 0 saturated carbocycles. The minimum absolute atomic E-state index is 0.296. The minimum atomic E-state index is -1.15. The average molecular weight is 264 g/mol. The number of nitrogens with zero attached hydrogens (tertiary/aromatic N) is 2. The van der Waals surface area contributed by atoms with Gasteiger partial charge in [-0.2, -0.15) is 0 Å². The van der Waals surface area contributed by atoms with Crippen molar-refractivity contribution in [2.24, 2.45) is 0 Å². The molecular weight excluding hydrogens is 254 g/mol. The van der Waals surface area contributed by atoms with Gasteiger partial charge in [-0.15, -0.1) is 0 Å². The first-order valence-corrected chi connectivity index (χ1v) is 5.53. The lowest BCUT2D eigenvalue weighted by atomic mass is 10.0. The first kappa shape index (κ1) is 12.3. The first-order chi connectivity index (χ1) is 8.58. The van der Waals surface area contributed by atoms with E-state index in [0.717, 1.165) is 11.3 Å². The van der Waals surface area contributed by atoms with Crippen molar-refractivity contribution >= 4 is 23.4 Å². The summed E-state index contributed by atoms with van der Waals surface area (Å²) in [5, 5.41) is 11.4. The SMILES string of the molecule is Cc1ncccc1-c1cc(Cl)ncc1NC(=O)O. The number of halogens is 1. The fourth-order valence-corrected chi connectivity index (χ4v) is 1.79. The number of anilines is 1. The monoisotopic (exact) mass is 263 g/mol. The lowest BCUT2D eigenvalue weighted by molar-refractivity contribution is 0.210. The number of carboxylic acid groups (broad SMARTS) is 1. The van der Waals surface area contributed by atoms with Crippen molar-refractivity contribution in [1.82, 2.24) is 9.97 Å². The van der Waals surface area contributed by atoms with Crippen molar-refractivity contribution in [3.8, 4) is 11.1 Å². The molecule has 2 aromatic rings. The van der Waals surface area contributed by atoms with Crippen LogP contribution in [0.15, 0.2) is 30.6 Å². The molecule has 0 aliphatic heterocycles. The Hall–Kier alpha value is -2.14. The Kier molecular flexibility index (Phi) is 3.43. The van der Waals surface area contributed by atoms with E-state index in [1.807, 2.05) is 13.0 Å². The standard InChI is InChI=1S/C12H10ClN3O2/c1-7-8(3-2-4-14-7)9-5-11(13)15-6-10(9)16-12(17)18/h2-6,16H,1H3,(H,17,18). The summed E-state index contributed by atoms with van der Waals surface area (Å²) in [6.45, 7) is 1.84. The molecular formula is C12H10ClN3O2. The van der Waals surface area contributed by atoms with Crippen molar-refractivity contribution in [3.63, 3.8) is 0 Å². The van der Waals surface area contributed by atoms with Crippen molar-refractivity contribution < 1.29 is 9.90 Å². The van der Waals surface area contributed by atoms with E-state index in [9.17, 15) is 4.79 Å². The predicted octanol–water partition coefficient (Wildman–Crippen LogP) is 3.20. The summed E-state index contributed by atoms with van der Waals surface area (Å²) in [4.78, 5) is 18.8. The number of pyridine rings is 2. The Morgan fingerprint density at radius 3 is 2.83 bits per heavy atom. The van der Waals surface area contributed by atoms with Gasteiger partial charge in [0, 0.05) is 23.0 Å². The number of hydrogen-bond acceptors (Lipinski definition) is 3. The number of aromatic nitrogens is 2. The largest absolute Gasteiger partial charge is 0.465 e. The fourth-order valence-electron chi connectivity index (χ4n) is 1.64. The van der Waals surface area contributed by atoms with Crippen LogP contribution in [0.4, 0.5) is 10.5 Å². The summed E-state index contributed by atoms with van der Waals surface area (Å²) >= 11 is 5.85. The van der Waals surface area contributed by atoms with Crippen molar-refractivity contribution in [1.29, 1.82) is 0 Å². The fraction of sp³-hybridized carbons (Fsp3) is 0.0833. The van der Waals surface area contributed by atoms with Crippen molar-refractivity contribution in [3.05, 3.63) is 41.4 Å². The van der Waals surface area contributed by atoms with E-state index in [4.69, 9.17) is 16.7 Å². The molecule has 0 aliphatic carbocycles. The van der Waals surface area contributed by atoms with E-state index in [2.05, 4.69) is 15.3 Å². The van der Waals surface area contributed by atoms with Gasteiger partial charge in [0.05, 0.1) is 11.9 Å². The number of nitrogens with one attached hydrogen (secondary N) is 1. The summed E-state index contributed by atoms with van der Waals surface area (Å²) in [7, 11) is 0. The third-order valence-electron chi connectivity index (χ3n) is 2.41. The van der Waals surface area contributed by atoms with Crippen LogP contribution in [0, 0.1) is 6.92 Å². The average Bonchev–Trinajstić information content (AvgIpc) is 2.32. The van der Waals surface area contributed by atoms with Crippen molar-refractivity contribution in [2.75, 3.05) is 5.32 Å². The molecule has 0 fully saturated rings. The second kappa shape index (κ2) is 5.01. The Labute approximate surface area is 108 Å². The molecule has 2 rings (SSSR count). The lowest BCUT2D eigenvalue weighted by Crippen LogP contribution is -2.09. The molecule has 5 nitrogen and oxygen atoms in total. The van der Waals surface area contributed by atoms with E-state index in [1.165, 1.54) is 6.20 Å². The normalized spacial score (nSPS) is 10.1. The van der Waals surface area contributed by atoms with Crippen LogP contribution in [0.5, 0.6) is 0 Å². The van der Waals surface area contributed by atoms with Crippen LogP contribution in [0.3, 0.4) is 0 Å². The van der Waals surface area contributed by atoms with Crippen LogP contribution >= 0.6 is 11.6 Å². The molecule has 0 saturated heterocycles. The van der Waals surface area contributed by atoms with Gasteiger partial charge in [0.25, 0.3) is 0 Å². The molecule has 0 radical (unpaired) electrons. The Balaban J connectivity index is 2.58. The highest BCUT2D eigenvalue weighted by atomic mass is 35.5. The van der Waals surface area contributed by atoms with Gasteiger partial charge < -0.3 is 5.11 Å². The smallest absolute Gasteiger partial charge is 0.409 e. The van der Waals surface area contributed by atoms with E-state index in [0.29, 0.717) is 16.4 Å². The third kappa shape index (κ3) is 2.57. The second-order valence-electron chi connectivity index (χ2n) is 3.62. The third-order valence-corrected chi connectivity index (χ3v) is 2.62. The molecule has 0 unspecified atom stereocenters. The van der Waals surface area contributed by atoms with Gasteiger partial charge in [-0.05, 0) is 19.1 Å². The Morgan fingerprint density at radius 2 is 2.17 bits per heavy atom. The molecule has 92 valence electrons. The number of hydrogen-bond donors (Lipinski definition) is 2. The zero-order valence-corrected chi connectivity index (χ0v) is 10.3. The Morgan fingerprint density at radius 1 is 1.39 bits per heavy atom. The summed E-state index contributed by atoms with van der Waals surface area (Å²) in [6, 6.07) is 5.24. The molecule has 0 aliphatic rings. The molecule has 0 aromatic carbocycles. The molecule has 2 aromatic heterocycles. The highest BCUT2D eigenvalue weighted by Crippen LogP contribution is 2.30. The highest BCUT2D eigenvalue weighted by molar-refractivity contribution is 6.29. The van der Waals surface area contributed by atoms with Gasteiger partial charge in [0.1, 0.15) is 5.15 Å². The van der Waals surface area contributed by atoms with E-state index in [1.54, 1.807) is 18.3 Å². The molecule has 2 heterocycles. The molecule has 0 spiro atoms.